The van der Waals surface area contributed by atoms with E-state index >= 15 is 0 Å². The SMILES string of the molecule is ClCc1nc2cc(Br)ccc2n1-c1ccc(I)cc1. The maximum atomic E-state index is 6.03. The Hall–Kier alpha value is -0.590. The monoisotopic (exact) mass is 446 g/mol. The van der Waals surface area contributed by atoms with Crippen LogP contribution in [0.25, 0.3) is 16.7 Å². The van der Waals surface area contributed by atoms with Crippen molar-refractivity contribution in [2.24, 2.45) is 0 Å². The van der Waals surface area contributed by atoms with E-state index in [1.807, 2.05) is 12.1 Å². The van der Waals surface area contributed by atoms with E-state index in [2.05, 4.69) is 78.4 Å². The molecule has 2 nitrogen and oxygen atoms in total. The van der Waals surface area contributed by atoms with Crippen LogP contribution in [0.4, 0.5) is 0 Å². The summed E-state index contributed by atoms with van der Waals surface area (Å²) in [5.74, 6) is 1.24. The average Bonchev–Trinajstić information content (AvgIpc) is 2.77. The highest BCUT2D eigenvalue weighted by Gasteiger charge is 2.11. The fourth-order valence-corrected chi connectivity index (χ4v) is 2.96. The number of alkyl halides is 1. The molecule has 96 valence electrons. The molecule has 0 unspecified atom stereocenters. The van der Waals surface area contributed by atoms with Crippen LogP contribution >= 0.6 is 50.1 Å². The Labute approximate surface area is 138 Å². The van der Waals surface area contributed by atoms with Crippen molar-refractivity contribution < 1.29 is 0 Å². The summed E-state index contributed by atoms with van der Waals surface area (Å²) >= 11 is 11.8. The molecule has 1 heterocycles. The van der Waals surface area contributed by atoms with Crippen molar-refractivity contribution in [1.82, 2.24) is 9.55 Å². The van der Waals surface area contributed by atoms with Crippen molar-refractivity contribution in [3.8, 4) is 5.69 Å². The van der Waals surface area contributed by atoms with Crippen molar-refractivity contribution >= 4 is 61.2 Å². The molecule has 0 saturated carbocycles. The topological polar surface area (TPSA) is 17.8 Å². The Kier molecular flexibility index (Phi) is 3.82. The second-order valence-electron chi connectivity index (χ2n) is 4.11. The second kappa shape index (κ2) is 5.42. The van der Waals surface area contributed by atoms with Crippen LogP contribution in [0.15, 0.2) is 46.9 Å². The zero-order valence-corrected chi connectivity index (χ0v) is 14.3. The number of fused-ring (bicyclic) bond motifs is 1. The molecule has 19 heavy (non-hydrogen) atoms. The van der Waals surface area contributed by atoms with Gasteiger partial charge >= 0.3 is 0 Å². The number of imidazole rings is 1. The average molecular weight is 448 g/mol. The molecule has 0 bridgehead atoms. The molecule has 2 aromatic carbocycles. The lowest BCUT2D eigenvalue weighted by atomic mass is 10.3. The molecule has 0 atom stereocenters. The fraction of sp³-hybridized carbons (Fsp3) is 0.0714. The molecular formula is C14H9BrClIN2. The van der Waals surface area contributed by atoms with Gasteiger partial charge in [-0.3, -0.25) is 4.57 Å². The Morgan fingerprint density at radius 1 is 1.16 bits per heavy atom. The minimum Gasteiger partial charge on any atom is -0.295 e. The minimum absolute atomic E-state index is 0.387. The van der Waals surface area contributed by atoms with Crippen molar-refractivity contribution in [2.75, 3.05) is 0 Å². The first-order valence-corrected chi connectivity index (χ1v) is 8.08. The highest BCUT2D eigenvalue weighted by atomic mass is 127. The number of rotatable bonds is 2. The third-order valence-corrected chi connectivity index (χ3v) is 4.34. The van der Waals surface area contributed by atoms with Crippen LogP contribution in [0.1, 0.15) is 5.82 Å². The van der Waals surface area contributed by atoms with Gasteiger partial charge in [-0.15, -0.1) is 11.6 Å². The molecule has 0 aliphatic carbocycles. The molecule has 0 spiro atoms. The molecule has 0 fully saturated rings. The number of hydrogen-bond acceptors (Lipinski definition) is 1. The van der Waals surface area contributed by atoms with Gasteiger partial charge in [-0.1, -0.05) is 15.9 Å². The summed E-state index contributed by atoms with van der Waals surface area (Å²) in [5, 5.41) is 0. The van der Waals surface area contributed by atoms with Crippen molar-refractivity contribution in [2.45, 2.75) is 5.88 Å². The summed E-state index contributed by atoms with van der Waals surface area (Å²) in [6.07, 6.45) is 0. The number of nitrogens with zero attached hydrogens (tertiary/aromatic N) is 2. The number of benzene rings is 2. The molecule has 0 aliphatic heterocycles. The zero-order valence-electron chi connectivity index (χ0n) is 9.78. The first kappa shape index (κ1) is 13.4. The van der Waals surface area contributed by atoms with E-state index in [-0.39, 0.29) is 0 Å². The Balaban J connectivity index is 2.29. The number of hydrogen-bond donors (Lipinski definition) is 0. The lowest BCUT2D eigenvalue weighted by molar-refractivity contribution is 0.981. The molecule has 0 saturated heterocycles. The summed E-state index contributed by atoms with van der Waals surface area (Å²) in [6.45, 7) is 0. The minimum atomic E-state index is 0.387. The van der Waals surface area contributed by atoms with Gasteiger partial charge in [-0.05, 0) is 65.1 Å². The van der Waals surface area contributed by atoms with Gasteiger partial charge in [0.2, 0.25) is 0 Å². The van der Waals surface area contributed by atoms with E-state index in [0.717, 1.165) is 27.0 Å². The highest BCUT2D eigenvalue weighted by molar-refractivity contribution is 14.1. The molecule has 0 N–H and O–H groups in total. The maximum absolute atomic E-state index is 6.03. The first-order valence-electron chi connectivity index (χ1n) is 5.68. The summed E-state index contributed by atoms with van der Waals surface area (Å²) in [5.41, 5.74) is 3.10. The van der Waals surface area contributed by atoms with Gasteiger partial charge < -0.3 is 0 Å². The van der Waals surface area contributed by atoms with Crippen LogP contribution in [-0.2, 0) is 5.88 Å². The maximum Gasteiger partial charge on any atom is 0.129 e. The molecule has 0 amide bonds. The van der Waals surface area contributed by atoms with Crippen LogP contribution in [0.3, 0.4) is 0 Å². The standard InChI is InChI=1S/C14H9BrClIN2/c15-9-1-6-13-12(7-9)18-14(8-16)19(13)11-4-2-10(17)3-5-11/h1-7H,8H2. The fourth-order valence-electron chi connectivity index (χ4n) is 2.07. The van der Waals surface area contributed by atoms with Gasteiger partial charge in [-0.2, -0.15) is 0 Å². The first-order chi connectivity index (χ1) is 9.19. The Morgan fingerprint density at radius 3 is 2.58 bits per heavy atom. The van der Waals surface area contributed by atoms with Crippen molar-refractivity contribution in [1.29, 1.82) is 0 Å². The molecule has 3 rings (SSSR count). The molecule has 3 aromatic rings. The third kappa shape index (κ3) is 2.53. The normalized spacial score (nSPS) is 11.1. The highest BCUT2D eigenvalue weighted by Crippen LogP contribution is 2.25. The van der Waals surface area contributed by atoms with Crippen molar-refractivity contribution in [3.63, 3.8) is 0 Å². The molecule has 5 heteroatoms. The van der Waals surface area contributed by atoms with Crippen LogP contribution in [0.5, 0.6) is 0 Å². The van der Waals surface area contributed by atoms with Gasteiger partial charge in [-0.25, -0.2) is 4.98 Å². The van der Waals surface area contributed by atoms with Crippen LogP contribution in [0, 0.1) is 3.57 Å². The van der Waals surface area contributed by atoms with E-state index < -0.39 is 0 Å². The largest absolute Gasteiger partial charge is 0.295 e. The lowest BCUT2D eigenvalue weighted by Crippen LogP contribution is -1.99. The van der Waals surface area contributed by atoms with E-state index in [1.165, 1.54) is 3.57 Å². The molecular weight excluding hydrogens is 438 g/mol. The molecule has 0 radical (unpaired) electrons. The van der Waals surface area contributed by atoms with E-state index in [0.29, 0.717) is 5.88 Å². The van der Waals surface area contributed by atoms with Crippen molar-refractivity contribution in [3.05, 3.63) is 56.3 Å². The molecule has 1 aromatic heterocycles. The van der Waals surface area contributed by atoms with Gasteiger partial charge in [0.15, 0.2) is 0 Å². The summed E-state index contributed by atoms with van der Waals surface area (Å²) in [7, 11) is 0. The predicted octanol–water partition coefficient (Wildman–Crippen LogP) is 5.13. The van der Waals surface area contributed by atoms with Gasteiger partial charge in [0, 0.05) is 13.7 Å². The van der Waals surface area contributed by atoms with Gasteiger partial charge in [0.25, 0.3) is 0 Å². The lowest BCUT2D eigenvalue weighted by Gasteiger charge is -2.07. The number of aromatic nitrogens is 2. The van der Waals surface area contributed by atoms with E-state index in [9.17, 15) is 0 Å². The van der Waals surface area contributed by atoms with Crippen LogP contribution in [-0.4, -0.2) is 9.55 Å². The van der Waals surface area contributed by atoms with Crippen LogP contribution < -0.4 is 0 Å². The Morgan fingerprint density at radius 2 is 1.89 bits per heavy atom. The third-order valence-electron chi connectivity index (χ3n) is 2.89. The Bertz CT molecular complexity index is 737. The van der Waals surface area contributed by atoms with E-state index in [1.54, 1.807) is 0 Å². The van der Waals surface area contributed by atoms with Gasteiger partial charge in [0.05, 0.1) is 16.9 Å². The summed E-state index contributed by atoms with van der Waals surface area (Å²) in [6, 6.07) is 14.4. The zero-order chi connectivity index (χ0) is 13.4. The summed E-state index contributed by atoms with van der Waals surface area (Å²) < 4.78 is 4.33. The predicted molar refractivity (Wildman–Crippen MR) is 91.0 cm³/mol. The quantitative estimate of drug-likeness (QED) is 0.393. The molecule has 0 aliphatic rings. The van der Waals surface area contributed by atoms with Gasteiger partial charge in [0.1, 0.15) is 5.82 Å². The summed E-state index contributed by atoms with van der Waals surface area (Å²) in [4.78, 5) is 4.59. The second-order valence-corrected chi connectivity index (χ2v) is 6.54. The smallest absolute Gasteiger partial charge is 0.129 e. The van der Waals surface area contributed by atoms with Crippen LogP contribution in [0.2, 0.25) is 0 Å². The number of halogens is 3. The van der Waals surface area contributed by atoms with E-state index in [4.69, 9.17) is 11.6 Å².